The summed E-state index contributed by atoms with van der Waals surface area (Å²) in [7, 11) is 0. The van der Waals surface area contributed by atoms with E-state index in [1.165, 1.54) is 50.5 Å². The van der Waals surface area contributed by atoms with Gasteiger partial charge in [-0.15, -0.1) is 0 Å². The summed E-state index contributed by atoms with van der Waals surface area (Å²) >= 11 is 0. The van der Waals surface area contributed by atoms with Crippen molar-refractivity contribution in [3.8, 4) is 0 Å². The van der Waals surface area contributed by atoms with Gasteiger partial charge in [0, 0.05) is 6.61 Å². The Labute approximate surface area is 154 Å². The maximum absolute atomic E-state index is 11.9. The summed E-state index contributed by atoms with van der Waals surface area (Å²) in [6, 6.07) is 7.68. The van der Waals surface area contributed by atoms with E-state index in [0.717, 1.165) is 25.9 Å². The number of esters is 1. The second kappa shape index (κ2) is 14.9. The molecular weight excluding hydrogens is 312 g/mol. The van der Waals surface area contributed by atoms with Crippen molar-refractivity contribution >= 4 is 5.97 Å². The summed E-state index contributed by atoms with van der Waals surface area (Å²) in [5, 5.41) is 0. The van der Waals surface area contributed by atoms with Crippen LogP contribution in [0.2, 0.25) is 0 Å². The van der Waals surface area contributed by atoms with E-state index in [4.69, 9.17) is 9.47 Å². The molecule has 1 aromatic carbocycles. The van der Waals surface area contributed by atoms with Crippen molar-refractivity contribution in [1.82, 2.24) is 0 Å². The predicted octanol–water partition coefficient (Wildman–Crippen LogP) is 5.95. The zero-order valence-electron chi connectivity index (χ0n) is 16.2. The van der Waals surface area contributed by atoms with Crippen LogP contribution in [0.25, 0.3) is 0 Å². The summed E-state index contributed by atoms with van der Waals surface area (Å²) in [6.07, 6.45) is 12.5. The number of rotatable bonds is 15. The molecule has 0 aliphatic heterocycles. The van der Waals surface area contributed by atoms with Crippen molar-refractivity contribution in [2.75, 3.05) is 19.8 Å². The van der Waals surface area contributed by atoms with Crippen LogP contribution in [0.15, 0.2) is 24.3 Å². The molecule has 0 spiro atoms. The predicted molar refractivity (Wildman–Crippen MR) is 104 cm³/mol. The Balaban J connectivity index is 1.96. The number of hydrogen-bond donors (Lipinski definition) is 0. The fraction of sp³-hybridized carbons (Fsp3) is 0.682. The average molecular weight is 349 g/mol. The van der Waals surface area contributed by atoms with Gasteiger partial charge in [-0.3, -0.25) is 0 Å². The van der Waals surface area contributed by atoms with Crippen molar-refractivity contribution < 1.29 is 14.3 Å². The molecule has 0 N–H and O–H groups in total. The minimum absolute atomic E-state index is 0.265. The number of hydrogen-bond acceptors (Lipinski definition) is 3. The van der Waals surface area contributed by atoms with Gasteiger partial charge in [-0.2, -0.15) is 0 Å². The van der Waals surface area contributed by atoms with E-state index in [1.54, 1.807) is 0 Å². The first-order chi connectivity index (χ1) is 12.3. The van der Waals surface area contributed by atoms with Gasteiger partial charge < -0.3 is 9.47 Å². The maximum Gasteiger partial charge on any atom is 0.338 e. The van der Waals surface area contributed by atoms with E-state index in [1.807, 2.05) is 24.3 Å². The van der Waals surface area contributed by atoms with Gasteiger partial charge >= 0.3 is 5.97 Å². The third-order valence-electron chi connectivity index (χ3n) is 4.33. The molecule has 0 fully saturated rings. The highest BCUT2D eigenvalue weighted by atomic mass is 16.6. The first-order valence-corrected chi connectivity index (χ1v) is 10.1. The third-order valence-corrected chi connectivity index (χ3v) is 4.33. The summed E-state index contributed by atoms with van der Waals surface area (Å²) in [5.41, 5.74) is 1.87. The Bertz CT molecular complexity index is 439. The summed E-state index contributed by atoms with van der Waals surface area (Å²) in [4.78, 5) is 11.9. The zero-order chi connectivity index (χ0) is 18.2. The fourth-order valence-corrected chi connectivity index (χ4v) is 2.81. The van der Waals surface area contributed by atoms with Crippen LogP contribution >= 0.6 is 0 Å². The van der Waals surface area contributed by atoms with Crippen molar-refractivity contribution in [1.29, 1.82) is 0 Å². The lowest BCUT2D eigenvalue weighted by Crippen LogP contribution is -2.11. The summed E-state index contributed by atoms with van der Waals surface area (Å²) in [5.74, 6) is -0.265. The van der Waals surface area contributed by atoms with Crippen molar-refractivity contribution in [3.63, 3.8) is 0 Å². The van der Waals surface area contributed by atoms with Gasteiger partial charge in [0.15, 0.2) is 0 Å². The van der Waals surface area contributed by atoms with Crippen LogP contribution in [-0.2, 0) is 15.9 Å². The highest BCUT2D eigenvalue weighted by Gasteiger charge is 2.06. The molecule has 3 nitrogen and oxygen atoms in total. The number of aryl methyl sites for hydroxylation is 1. The molecule has 1 aromatic rings. The molecule has 0 bridgehead atoms. The highest BCUT2D eigenvalue weighted by Crippen LogP contribution is 2.09. The third kappa shape index (κ3) is 11.0. The van der Waals surface area contributed by atoms with Gasteiger partial charge in [0.25, 0.3) is 0 Å². The molecule has 0 aliphatic carbocycles. The van der Waals surface area contributed by atoms with E-state index in [2.05, 4.69) is 13.8 Å². The van der Waals surface area contributed by atoms with E-state index < -0.39 is 0 Å². The van der Waals surface area contributed by atoms with Gasteiger partial charge in [0.05, 0.1) is 12.2 Å². The Morgan fingerprint density at radius 1 is 0.760 bits per heavy atom. The largest absolute Gasteiger partial charge is 0.460 e. The molecular formula is C22H36O3. The van der Waals surface area contributed by atoms with E-state index in [-0.39, 0.29) is 5.97 Å². The Morgan fingerprint density at radius 2 is 1.40 bits per heavy atom. The van der Waals surface area contributed by atoms with Crippen molar-refractivity contribution in [2.24, 2.45) is 0 Å². The first kappa shape index (κ1) is 21.7. The number of unbranched alkanes of at least 4 members (excludes halogenated alkanes) is 7. The normalized spacial score (nSPS) is 10.8. The molecule has 0 aromatic heterocycles. The molecule has 0 heterocycles. The molecule has 0 amide bonds. The maximum atomic E-state index is 11.9. The SMILES string of the molecule is CCCCCCCCCCOCCOC(=O)c1ccc(CCC)cc1. The second-order valence-corrected chi connectivity index (χ2v) is 6.67. The number of benzene rings is 1. The van der Waals surface area contributed by atoms with Gasteiger partial charge in [-0.1, -0.05) is 77.3 Å². The zero-order valence-corrected chi connectivity index (χ0v) is 16.2. The van der Waals surface area contributed by atoms with Crippen LogP contribution in [0.1, 0.15) is 87.6 Å². The van der Waals surface area contributed by atoms with E-state index >= 15 is 0 Å². The standard InChI is InChI=1S/C22H36O3/c1-3-5-6-7-8-9-10-11-17-24-18-19-25-22(23)21-15-13-20(12-4-2)14-16-21/h13-16H,3-12,17-19H2,1-2H3. The minimum atomic E-state index is -0.265. The second-order valence-electron chi connectivity index (χ2n) is 6.67. The lowest BCUT2D eigenvalue weighted by molar-refractivity contribution is 0.0312. The van der Waals surface area contributed by atoms with Gasteiger partial charge in [0.2, 0.25) is 0 Å². The highest BCUT2D eigenvalue weighted by molar-refractivity contribution is 5.89. The molecule has 0 saturated heterocycles. The summed E-state index contributed by atoms with van der Waals surface area (Å²) < 4.78 is 10.8. The Kier molecular flexibility index (Phi) is 13.0. The molecule has 0 unspecified atom stereocenters. The number of carbonyl (C=O) groups is 1. The smallest absolute Gasteiger partial charge is 0.338 e. The van der Waals surface area contributed by atoms with Gasteiger partial charge in [-0.05, 0) is 30.5 Å². The minimum Gasteiger partial charge on any atom is -0.460 e. The van der Waals surface area contributed by atoms with Crippen LogP contribution in [0, 0.1) is 0 Å². The molecule has 0 radical (unpaired) electrons. The van der Waals surface area contributed by atoms with Crippen molar-refractivity contribution in [2.45, 2.75) is 78.1 Å². The van der Waals surface area contributed by atoms with Crippen LogP contribution in [0.4, 0.5) is 0 Å². The number of carbonyl (C=O) groups excluding carboxylic acids is 1. The van der Waals surface area contributed by atoms with Crippen LogP contribution < -0.4 is 0 Å². The lowest BCUT2D eigenvalue weighted by Gasteiger charge is -2.07. The Hall–Kier alpha value is -1.35. The van der Waals surface area contributed by atoms with Gasteiger partial charge in [0.1, 0.15) is 6.61 Å². The number of ether oxygens (including phenoxy) is 2. The molecule has 142 valence electrons. The molecule has 0 saturated carbocycles. The average Bonchev–Trinajstić information content (AvgIpc) is 2.63. The van der Waals surface area contributed by atoms with Crippen LogP contribution in [0.3, 0.4) is 0 Å². The van der Waals surface area contributed by atoms with Gasteiger partial charge in [-0.25, -0.2) is 4.79 Å². The topological polar surface area (TPSA) is 35.5 Å². The van der Waals surface area contributed by atoms with E-state index in [0.29, 0.717) is 18.8 Å². The molecule has 25 heavy (non-hydrogen) atoms. The molecule has 3 heteroatoms. The summed E-state index contributed by atoms with van der Waals surface area (Å²) in [6.45, 7) is 5.97. The van der Waals surface area contributed by atoms with Crippen molar-refractivity contribution in [3.05, 3.63) is 35.4 Å². The fourth-order valence-electron chi connectivity index (χ4n) is 2.81. The monoisotopic (exact) mass is 348 g/mol. The van der Waals surface area contributed by atoms with Crippen LogP contribution in [-0.4, -0.2) is 25.8 Å². The van der Waals surface area contributed by atoms with Crippen LogP contribution in [0.5, 0.6) is 0 Å². The quantitative estimate of drug-likeness (QED) is 0.290. The Morgan fingerprint density at radius 3 is 2.04 bits per heavy atom. The van der Waals surface area contributed by atoms with E-state index in [9.17, 15) is 4.79 Å². The lowest BCUT2D eigenvalue weighted by atomic mass is 10.1. The first-order valence-electron chi connectivity index (χ1n) is 10.1. The molecule has 1 rings (SSSR count). The molecule has 0 atom stereocenters. The molecule has 0 aliphatic rings.